The van der Waals surface area contributed by atoms with Gasteiger partial charge in [-0.2, -0.15) is 13.2 Å². The van der Waals surface area contributed by atoms with Crippen LogP contribution >= 0.6 is 0 Å². The zero-order valence-corrected chi connectivity index (χ0v) is 9.20. The van der Waals surface area contributed by atoms with Crippen molar-refractivity contribution in [3.8, 4) is 0 Å². The van der Waals surface area contributed by atoms with Crippen LogP contribution in [-0.2, 0) is 11.3 Å². The fourth-order valence-corrected chi connectivity index (χ4v) is 1.22. The molecule has 0 N–H and O–H groups in total. The van der Waals surface area contributed by atoms with E-state index in [1.54, 1.807) is 6.92 Å². The third-order valence-electron chi connectivity index (χ3n) is 1.93. The van der Waals surface area contributed by atoms with E-state index in [4.69, 9.17) is 4.74 Å². The molecule has 0 amide bonds. The summed E-state index contributed by atoms with van der Waals surface area (Å²) in [6.45, 7) is 1.80. The highest BCUT2D eigenvalue weighted by molar-refractivity contribution is 5.87. The number of esters is 1. The Bertz CT molecular complexity index is 376. The second-order valence-corrected chi connectivity index (χ2v) is 3.28. The molecule has 0 atom stereocenters. The number of aryl methyl sites for hydroxylation is 1. The molecule has 0 aliphatic rings. The lowest BCUT2D eigenvalue weighted by atomic mass is 10.3. The highest BCUT2D eigenvalue weighted by atomic mass is 19.4. The van der Waals surface area contributed by atoms with E-state index >= 15 is 0 Å². The number of nitrogens with zero attached hydrogens (tertiary/aromatic N) is 3. The van der Waals surface area contributed by atoms with Crippen LogP contribution in [0.5, 0.6) is 0 Å². The SMILES string of the molecule is CCOC(=O)c1cnnn1CCCC(F)(F)F. The van der Waals surface area contributed by atoms with Gasteiger partial charge in [-0.3, -0.25) is 0 Å². The zero-order valence-electron chi connectivity index (χ0n) is 9.20. The van der Waals surface area contributed by atoms with Crippen LogP contribution in [0.15, 0.2) is 6.20 Å². The average Bonchev–Trinajstić information content (AvgIpc) is 2.64. The van der Waals surface area contributed by atoms with Gasteiger partial charge in [0.2, 0.25) is 0 Å². The van der Waals surface area contributed by atoms with Crippen LogP contribution in [0.25, 0.3) is 0 Å². The maximum Gasteiger partial charge on any atom is 0.389 e. The molecule has 0 saturated carbocycles. The summed E-state index contributed by atoms with van der Waals surface area (Å²) in [5, 5.41) is 7.01. The number of halogens is 3. The maximum absolute atomic E-state index is 11.9. The van der Waals surface area contributed by atoms with Crippen molar-refractivity contribution >= 4 is 5.97 Å². The zero-order chi connectivity index (χ0) is 12.9. The molecule has 0 aliphatic heterocycles. The maximum atomic E-state index is 11.9. The Labute approximate surface area is 95.6 Å². The van der Waals surface area contributed by atoms with Crippen LogP contribution < -0.4 is 0 Å². The first-order valence-corrected chi connectivity index (χ1v) is 5.06. The Morgan fingerprint density at radius 1 is 1.53 bits per heavy atom. The molecule has 17 heavy (non-hydrogen) atoms. The summed E-state index contributed by atoms with van der Waals surface area (Å²) in [4.78, 5) is 11.3. The van der Waals surface area contributed by atoms with Gasteiger partial charge in [0.15, 0.2) is 5.69 Å². The molecule has 0 unspecified atom stereocenters. The van der Waals surface area contributed by atoms with Gasteiger partial charge >= 0.3 is 12.1 Å². The Morgan fingerprint density at radius 2 is 2.24 bits per heavy atom. The van der Waals surface area contributed by atoms with Crippen LogP contribution in [0.3, 0.4) is 0 Å². The first kappa shape index (κ1) is 13.5. The number of carbonyl (C=O) groups excluding carboxylic acids is 1. The number of aromatic nitrogens is 3. The first-order chi connectivity index (χ1) is 7.94. The van der Waals surface area contributed by atoms with E-state index in [1.165, 1.54) is 6.20 Å². The smallest absolute Gasteiger partial charge is 0.389 e. The molecular weight excluding hydrogens is 239 g/mol. The highest BCUT2D eigenvalue weighted by Gasteiger charge is 2.26. The third-order valence-corrected chi connectivity index (χ3v) is 1.93. The van der Waals surface area contributed by atoms with Gasteiger partial charge in [0.05, 0.1) is 12.8 Å². The second kappa shape index (κ2) is 5.65. The number of carbonyl (C=O) groups is 1. The minimum atomic E-state index is -4.20. The Kier molecular flexibility index (Phi) is 4.47. The van der Waals surface area contributed by atoms with E-state index in [9.17, 15) is 18.0 Å². The summed E-state index contributed by atoms with van der Waals surface area (Å²) in [6, 6.07) is 0. The molecule has 0 radical (unpaired) electrons. The number of hydrogen-bond acceptors (Lipinski definition) is 4. The summed E-state index contributed by atoms with van der Waals surface area (Å²) >= 11 is 0. The van der Waals surface area contributed by atoms with Gasteiger partial charge in [-0.15, -0.1) is 5.10 Å². The molecule has 0 bridgehead atoms. The van der Waals surface area contributed by atoms with Crippen molar-refractivity contribution in [3.05, 3.63) is 11.9 Å². The normalized spacial score (nSPS) is 11.5. The van der Waals surface area contributed by atoms with Crippen LogP contribution in [0.2, 0.25) is 0 Å². The quantitative estimate of drug-likeness (QED) is 0.749. The third kappa shape index (κ3) is 4.41. The standard InChI is InChI=1S/C9H12F3N3O2/c1-2-17-8(16)7-6-13-14-15(7)5-3-4-9(10,11)12/h6H,2-5H2,1H3. The molecule has 0 fully saturated rings. The molecule has 96 valence electrons. The van der Waals surface area contributed by atoms with Crippen molar-refractivity contribution < 1.29 is 22.7 Å². The second-order valence-electron chi connectivity index (χ2n) is 3.28. The lowest BCUT2D eigenvalue weighted by Gasteiger charge is -2.07. The Morgan fingerprint density at radius 3 is 2.82 bits per heavy atom. The Balaban J connectivity index is 2.54. The van der Waals surface area contributed by atoms with Gasteiger partial charge in [-0.05, 0) is 13.3 Å². The van der Waals surface area contributed by atoms with Crippen molar-refractivity contribution in [1.29, 1.82) is 0 Å². The molecular formula is C9H12F3N3O2. The largest absolute Gasteiger partial charge is 0.461 e. The molecule has 0 aromatic carbocycles. The molecule has 0 spiro atoms. The van der Waals surface area contributed by atoms with Crippen LogP contribution in [0, 0.1) is 0 Å². The first-order valence-electron chi connectivity index (χ1n) is 5.06. The predicted octanol–water partition coefficient (Wildman–Crippen LogP) is 1.80. The lowest BCUT2D eigenvalue weighted by molar-refractivity contribution is -0.136. The van der Waals surface area contributed by atoms with Crippen molar-refractivity contribution in [2.45, 2.75) is 32.5 Å². The summed E-state index contributed by atoms with van der Waals surface area (Å²) in [7, 11) is 0. The van der Waals surface area contributed by atoms with Crippen molar-refractivity contribution in [2.24, 2.45) is 0 Å². The topological polar surface area (TPSA) is 57.0 Å². The van der Waals surface area contributed by atoms with Gasteiger partial charge in [-0.1, -0.05) is 5.21 Å². The number of hydrogen-bond donors (Lipinski definition) is 0. The van der Waals surface area contributed by atoms with E-state index in [1.807, 2.05) is 0 Å². The van der Waals surface area contributed by atoms with Crippen LogP contribution in [0.1, 0.15) is 30.3 Å². The molecule has 1 aromatic heterocycles. The number of rotatable bonds is 5. The summed E-state index contributed by atoms with van der Waals surface area (Å²) in [5.74, 6) is -0.635. The monoisotopic (exact) mass is 251 g/mol. The molecule has 1 aromatic rings. The van der Waals surface area contributed by atoms with E-state index in [2.05, 4.69) is 10.3 Å². The lowest BCUT2D eigenvalue weighted by Crippen LogP contribution is -2.15. The van der Waals surface area contributed by atoms with Gasteiger partial charge in [-0.25, -0.2) is 9.48 Å². The fourth-order valence-electron chi connectivity index (χ4n) is 1.22. The van der Waals surface area contributed by atoms with Gasteiger partial charge in [0.1, 0.15) is 0 Å². The van der Waals surface area contributed by atoms with Gasteiger partial charge in [0.25, 0.3) is 0 Å². The van der Waals surface area contributed by atoms with E-state index in [0.717, 1.165) is 4.68 Å². The summed E-state index contributed by atoms with van der Waals surface area (Å²) < 4.78 is 41.6. The average molecular weight is 251 g/mol. The number of alkyl halides is 3. The highest BCUT2D eigenvalue weighted by Crippen LogP contribution is 2.21. The molecule has 8 heteroatoms. The van der Waals surface area contributed by atoms with E-state index in [-0.39, 0.29) is 25.3 Å². The van der Waals surface area contributed by atoms with Gasteiger partial charge in [0, 0.05) is 13.0 Å². The van der Waals surface area contributed by atoms with Crippen LogP contribution in [-0.4, -0.2) is 33.7 Å². The predicted molar refractivity (Wildman–Crippen MR) is 51.3 cm³/mol. The molecule has 1 rings (SSSR count). The van der Waals surface area contributed by atoms with E-state index in [0.29, 0.717) is 0 Å². The Hall–Kier alpha value is -1.60. The van der Waals surface area contributed by atoms with Crippen molar-refractivity contribution in [3.63, 3.8) is 0 Å². The molecule has 5 nitrogen and oxygen atoms in total. The molecule has 1 heterocycles. The minimum Gasteiger partial charge on any atom is -0.461 e. The van der Waals surface area contributed by atoms with Crippen molar-refractivity contribution in [2.75, 3.05) is 6.61 Å². The molecule has 0 aliphatic carbocycles. The summed E-state index contributed by atoms with van der Waals surface area (Å²) in [5.41, 5.74) is 0.0639. The molecule has 0 saturated heterocycles. The van der Waals surface area contributed by atoms with Crippen molar-refractivity contribution in [1.82, 2.24) is 15.0 Å². The minimum absolute atomic E-state index is 0.0202. The summed E-state index contributed by atoms with van der Waals surface area (Å²) in [6.07, 6.45) is -4.11. The number of ether oxygens (including phenoxy) is 1. The fraction of sp³-hybridized carbons (Fsp3) is 0.667. The van der Waals surface area contributed by atoms with Crippen LogP contribution in [0.4, 0.5) is 13.2 Å². The van der Waals surface area contributed by atoms with E-state index < -0.39 is 18.6 Å². The van der Waals surface area contributed by atoms with Gasteiger partial charge < -0.3 is 4.74 Å².